The number of anilines is 1. The Labute approximate surface area is 328 Å². The van der Waals surface area contributed by atoms with Gasteiger partial charge in [0.2, 0.25) is 5.91 Å². The molecule has 294 valence electrons. The van der Waals surface area contributed by atoms with E-state index < -0.39 is 23.8 Å². The van der Waals surface area contributed by atoms with Gasteiger partial charge in [0.05, 0.1) is 32.1 Å². The van der Waals surface area contributed by atoms with Gasteiger partial charge in [-0.2, -0.15) is 0 Å². The summed E-state index contributed by atoms with van der Waals surface area (Å²) in [6.45, 7) is 6.92. The number of hydrogen-bond acceptors (Lipinski definition) is 9. The van der Waals surface area contributed by atoms with E-state index in [0.717, 1.165) is 65.0 Å². The summed E-state index contributed by atoms with van der Waals surface area (Å²) < 4.78 is 18.5. The third kappa shape index (κ3) is 8.74. The molecule has 12 nitrogen and oxygen atoms in total. The normalized spacial score (nSPS) is 22.1. The standard InChI is InChI=1S/C44H51N5O7/c1-3-54-39(51)26-46-43(53)45-25-32-9-7-10-34(23-32)35-11-8-12-36(24-35)41-55-38(30(2)40(56-41)33-17-15-31(28-50)16-18-33)27-48-21-19-44(20-22-48)42(52)47-29-49(44)37-13-5-4-6-14-37/h4-18,23-24,30,38,40-41,50H,3,19-22,25-29H2,1-2H3,(H,47,52)(H2,45,46,53)/t30-,38+,40+,41+/m0/s1. The highest BCUT2D eigenvalue weighted by molar-refractivity contribution is 5.93. The summed E-state index contributed by atoms with van der Waals surface area (Å²) in [4.78, 5) is 41.9. The summed E-state index contributed by atoms with van der Waals surface area (Å²) in [6, 6.07) is 33.7. The molecule has 3 saturated heterocycles. The average molecular weight is 762 g/mol. The summed E-state index contributed by atoms with van der Waals surface area (Å²) in [5, 5.41) is 18.1. The van der Waals surface area contributed by atoms with Crippen LogP contribution in [0.3, 0.4) is 0 Å². The first-order valence-corrected chi connectivity index (χ1v) is 19.5. The quantitative estimate of drug-likeness (QED) is 0.139. The summed E-state index contributed by atoms with van der Waals surface area (Å²) in [6.07, 6.45) is 0.369. The highest BCUT2D eigenvalue weighted by Gasteiger charge is 2.51. The van der Waals surface area contributed by atoms with Crippen molar-refractivity contribution in [3.63, 3.8) is 0 Å². The molecule has 0 aromatic heterocycles. The van der Waals surface area contributed by atoms with Crippen molar-refractivity contribution in [2.45, 2.75) is 63.9 Å². The van der Waals surface area contributed by atoms with Gasteiger partial charge in [0.1, 0.15) is 12.1 Å². The monoisotopic (exact) mass is 761 g/mol. The maximum absolute atomic E-state index is 13.3. The van der Waals surface area contributed by atoms with Gasteiger partial charge in [0.15, 0.2) is 6.29 Å². The summed E-state index contributed by atoms with van der Waals surface area (Å²) in [7, 11) is 0. The first-order chi connectivity index (χ1) is 27.3. The number of aliphatic hydroxyl groups is 1. The van der Waals surface area contributed by atoms with Gasteiger partial charge in [0.25, 0.3) is 0 Å². The minimum absolute atomic E-state index is 0.0135. The summed E-state index contributed by atoms with van der Waals surface area (Å²) >= 11 is 0. The largest absolute Gasteiger partial charge is 0.465 e. The molecule has 0 bridgehead atoms. The highest BCUT2D eigenvalue weighted by atomic mass is 16.7. The maximum atomic E-state index is 13.3. The molecule has 0 saturated carbocycles. The zero-order valence-electron chi connectivity index (χ0n) is 32.0. The van der Waals surface area contributed by atoms with Crippen molar-refractivity contribution in [2.75, 3.05) is 44.4 Å². The Hall–Kier alpha value is -5.27. The summed E-state index contributed by atoms with van der Waals surface area (Å²) in [5.74, 6) is -0.377. The number of nitrogens with zero attached hydrogens (tertiary/aromatic N) is 2. The number of piperidine rings is 1. The number of rotatable bonds is 12. The number of nitrogens with one attached hydrogen (secondary N) is 3. The molecular formula is C44H51N5O7. The Morgan fingerprint density at radius 2 is 1.61 bits per heavy atom. The van der Waals surface area contributed by atoms with E-state index in [4.69, 9.17) is 14.2 Å². The van der Waals surface area contributed by atoms with E-state index in [9.17, 15) is 19.5 Å². The number of carbonyl (C=O) groups is 3. The Balaban J connectivity index is 1.06. The van der Waals surface area contributed by atoms with Gasteiger partial charge >= 0.3 is 12.0 Å². The second-order valence-electron chi connectivity index (χ2n) is 14.7. The summed E-state index contributed by atoms with van der Waals surface area (Å²) in [5.41, 5.74) is 6.08. The molecule has 3 fully saturated rings. The van der Waals surface area contributed by atoms with E-state index in [1.807, 2.05) is 84.9 Å². The molecule has 0 unspecified atom stereocenters. The number of amides is 3. The first-order valence-electron chi connectivity index (χ1n) is 19.5. The topological polar surface area (TPSA) is 142 Å². The second kappa shape index (κ2) is 17.7. The van der Waals surface area contributed by atoms with Crippen molar-refractivity contribution >= 4 is 23.6 Å². The van der Waals surface area contributed by atoms with E-state index >= 15 is 0 Å². The van der Waals surface area contributed by atoms with E-state index in [1.165, 1.54) is 0 Å². The number of esters is 1. The minimum atomic E-state index is -0.642. The number of carbonyl (C=O) groups excluding carboxylic acids is 3. The lowest BCUT2D eigenvalue weighted by molar-refractivity contribution is -0.276. The van der Waals surface area contributed by atoms with Crippen LogP contribution in [-0.2, 0) is 37.0 Å². The predicted octanol–water partition coefficient (Wildman–Crippen LogP) is 5.43. The Kier molecular flexibility index (Phi) is 12.3. The van der Waals surface area contributed by atoms with Crippen LogP contribution in [0.5, 0.6) is 0 Å². The zero-order valence-corrected chi connectivity index (χ0v) is 32.0. The molecule has 4 N–H and O–H groups in total. The lowest BCUT2D eigenvalue weighted by Gasteiger charge is -2.46. The molecule has 0 radical (unpaired) electrons. The average Bonchev–Trinajstić information content (AvgIpc) is 3.55. The number of aliphatic hydroxyl groups excluding tert-OH is 1. The van der Waals surface area contributed by atoms with Crippen molar-refractivity contribution in [3.8, 4) is 11.1 Å². The fourth-order valence-corrected chi connectivity index (χ4v) is 8.06. The van der Waals surface area contributed by atoms with E-state index in [-0.39, 0.29) is 50.3 Å². The molecule has 12 heteroatoms. The molecule has 1 spiro atoms. The van der Waals surface area contributed by atoms with Crippen molar-refractivity contribution < 1.29 is 33.7 Å². The van der Waals surface area contributed by atoms with Crippen LogP contribution in [0.25, 0.3) is 11.1 Å². The van der Waals surface area contributed by atoms with Crippen LogP contribution < -0.4 is 20.9 Å². The lowest BCUT2D eigenvalue weighted by Crippen LogP contribution is -2.57. The van der Waals surface area contributed by atoms with Crippen LogP contribution in [0.15, 0.2) is 103 Å². The van der Waals surface area contributed by atoms with E-state index in [0.29, 0.717) is 13.2 Å². The number of benzene rings is 4. The Morgan fingerprint density at radius 1 is 0.875 bits per heavy atom. The van der Waals surface area contributed by atoms with Crippen LogP contribution >= 0.6 is 0 Å². The molecule has 3 aliphatic rings. The number of likely N-dealkylation sites (tertiary alicyclic amines) is 1. The first kappa shape index (κ1) is 39.0. The van der Waals surface area contributed by atoms with Crippen molar-refractivity contribution in [1.29, 1.82) is 0 Å². The number of ether oxygens (including phenoxy) is 3. The highest BCUT2D eigenvalue weighted by Crippen LogP contribution is 2.43. The van der Waals surface area contributed by atoms with Crippen LogP contribution in [0.1, 0.15) is 61.3 Å². The van der Waals surface area contributed by atoms with Crippen LogP contribution in [0.4, 0.5) is 10.5 Å². The Bertz CT molecular complexity index is 1970. The third-order valence-electron chi connectivity index (χ3n) is 11.2. The van der Waals surface area contributed by atoms with Gasteiger partial charge in [-0.25, -0.2) is 4.79 Å². The fourth-order valence-electron chi connectivity index (χ4n) is 8.06. The second-order valence-corrected chi connectivity index (χ2v) is 14.7. The van der Waals surface area contributed by atoms with Gasteiger partial charge in [-0.3, -0.25) is 9.59 Å². The molecule has 4 aromatic rings. The molecule has 4 aromatic carbocycles. The molecule has 3 heterocycles. The molecular weight excluding hydrogens is 711 g/mol. The van der Waals surface area contributed by atoms with Crippen LogP contribution in [0, 0.1) is 5.92 Å². The Morgan fingerprint density at radius 3 is 2.34 bits per heavy atom. The van der Waals surface area contributed by atoms with Crippen molar-refractivity contribution in [3.05, 3.63) is 125 Å². The molecule has 3 amide bonds. The molecule has 0 aliphatic carbocycles. The van der Waals surface area contributed by atoms with E-state index in [1.54, 1.807) is 6.92 Å². The SMILES string of the molecule is CCOC(=O)CNC(=O)NCc1cccc(-c2cccc([C@@H]3O[C@H](CN4CCC5(CC4)C(=O)NCN5c4ccccc4)[C@H](C)[C@H](c4ccc(CO)cc4)O3)c2)c1. The number of para-hydroxylation sites is 1. The zero-order chi connectivity index (χ0) is 39.1. The predicted molar refractivity (Wildman–Crippen MR) is 212 cm³/mol. The van der Waals surface area contributed by atoms with Crippen molar-refractivity contribution in [2.24, 2.45) is 5.92 Å². The van der Waals surface area contributed by atoms with Crippen LogP contribution in [-0.4, -0.2) is 79.0 Å². The van der Waals surface area contributed by atoms with Gasteiger partial charge in [-0.15, -0.1) is 0 Å². The smallest absolute Gasteiger partial charge is 0.325 e. The van der Waals surface area contributed by atoms with Crippen LogP contribution in [0.2, 0.25) is 0 Å². The maximum Gasteiger partial charge on any atom is 0.325 e. The van der Waals surface area contributed by atoms with Gasteiger partial charge in [-0.1, -0.05) is 85.8 Å². The molecule has 4 atom stereocenters. The van der Waals surface area contributed by atoms with Crippen molar-refractivity contribution in [1.82, 2.24) is 20.9 Å². The molecule has 56 heavy (non-hydrogen) atoms. The van der Waals surface area contributed by atoms with Gasteiger partial charge in [-0.05, 0) is 71.8 Å². The third-order valence-corrected chi connectivity index (χ3v) is 11.2. The minimum Gasteiger partial charge on any atom is -0.465 e. The number of urea groups is 1. The van der Waals surface area contributed by atoms with Gasteiger partial charge < -0.3 is 45.1 Å². The fraction of sp³-hybridized carbons (Fsp3) is 0.386. The molecule has 3 aliphatic heterocycles. The lowest BCUT2D eigenvalue weighted by atomic mass is 9.84. The van der Waals surface area contributed by atoms with E-state index in [2.05, 4.69) is 50.9 Å². The molecule has 7 rings (SSSR count). The van der Waals surface area contributed by atoms with Gasteiger partial charge in [0, 0.05) is 43.3 Å². The number of hydrogen-bond donors (Lipinski definition) is 4.